The zero-order chi connectivity index (χ0) is 27.9. The lowest BCUT2D eigenvalue weighted by molar-refractivity contribution is 0.997. The Morgan fingerprint density at radius 1 is 0.619 bits per heavy atom. The topological polar surface area (TPSA) is 0 Å². The van der Waals surface area contributed by atoms with Gasteiger partial charge in [0, 0.05) is 27.3 Å². The molecule has 0 aliphatic heterocycles. The van der Waals surface area contributed by atoms with Crippen LogP contribution in [0.25, 0.3) is 65.2 Å². The van der Waals surface area contributed by atoms with Crippen LogP contribution < -0.4 is 0 Å². The predicted molar refractivity (Wildman–Crippen MR) is 183 cm³/mol. The molecule has 0 nitrogen and oxygen atoms in total. The van der Waals surface area contributed by atoms with Crippen LogP contribution in [0.5, 0.6) is 0 Å². The van der Waals surface area contributed by atoms with E-state index in [1.807, 2.05) is 17.4 Å². The average molecular weight is 553 g/mol. The molecule has 0 N–H and O–H groups in total. The van der Waals surface area contributed by atoms with Crippen molar-refractivity contribution in [3.63, 3.8) is 0 Å². The molecule has 0 bridgehead atoms. The van der Waals surface area contributed by atoms with Crippen molar-refractivity contribution in [3.05, 3.63) is 144 Å². The number of allylic oxidation sites excluding steroid dienone is 5. The summed E-state index contributed by atoms with van der Waals surface area (Å²) in [5.74, 6) is 6.59. The first-order valence-electron chi connectivity index (χ1n) is 14.6. The summed E-state index contributed by atoms with van der Waals surface area (Å²) < 4.78 is 0. The molecule has 0 saturated heterocycles. The summed E-state index contributed by atoms with van der Waals surface area (Å²) >= 11 is 1.96. The highest BCUT2D eigenvalue weighted by molar-refractivity contribution is 7.19. The number of rotatable bonds is 4. The lowest BCUT2D eigenvalue weighted by atomic mass is 9.84. The Labute approximate surface area is 251 Å². The minimum atomic E-state index is 0.736. The van der Waals surface area contributed by atoms with E-state index in [0.717, 1.165) is 19.3 Å². The number of hydrogen-bond donors (Lipinski definition) is 0. The molecule has 2 aliphatic rings. The van der Waals surface area contributed by atoms with Gasteiger partial charge in [-0.2, -0.15) is 0 Å². The molecular weight excluding hydrogens is 525 g/mol. The van der Waals surface area contributed by atoms with Crippen molar-refractivity contribution in [1.29, 1.82) is 0 Å². The van der Waals surface area contributed by atoms with Crippen molar-refractivity contribution < 1.29 is 0 Å². The van der Waals surface area contributed by atoms with Crippen molar-refractivity contribution >= 4 is 44.5 Å². The van der Waals surface area contributed by atoms with Gasteiger partial charge in [-0.1, -0.05) is 139 Å². The second-order valence-electron chi connectivity index (χ2n) is 10.9. The van der Waals surface area contributed by atoms with Crippen LogP contribution in [0.3, 0.4) is 0 Å². The standard InChI is InChI=1S/C41H28S/c1-2-5-19-29(18-4-1)38-33-23-11-9-21-31(33)32-22-10-12-24-34(32)39(38)41-37-27-15-14-26-36(37)40(42-41)35-25-13-8-20-30(35)28-16-6-3-7-17-28/h1,3-4,6-14,16-18,20-26H,15,19,27H2. The molecule has 1 heteroatoms. The Balaban J connectivity index is 1.49. The van der Waals surface area contributed by atoms with Gasteiger partial charge in [-0.05, 0) is 73.9 Å². The van der Waals surface area contributed by atoms with Crippen molar-refractivity contribution in [3.8, 4) is 43.8 Å². The molecule has 0 saturated carbocycles. The molecule has 0 spiro atoms. The lowest BCUT2D eigenvalue weighted by Gasteiger charge is -2.20. The third kappa shape index (κ3) is 4.07. The molecule has 8 rings (SSSR count). The monoisotopic (exact) mass is 552 g/mol. The van der Waals surface area contributed by atoms with E-state index in [1.165, 1.54) is 75.8 Å². The maximum Gasteiger partial charge on any atom is 0.0430 e. The van der Waals surface area contributed by atoms with Gasteiger partial charge in [0.25, 0.3) is 0 Å². The van der Waals surface area contributed by atoms with Gasteiger partial charge in [-0.15, -0.1) is 11.3 Å². The van der Waals surface area contributed by atoms with Crippen molar-refractivity contribution in [2.24, 2.45) is 0 Å². The summed E-state index contributed by atoms with van der Waals surface area (Å²) in [7, 11) is 0. The van der Waals surface area contributed by atoms with Crippen molar-refractivity contribution in [2.45, 2.75) is 19.3 Å². The first-order valence-corrected chi connectivity index (χ1v) is 15.5. The third-order valence-corrected chi connectivity index (χ3v) is 9.79. The van der Waals surface area contributed by atoms with Crippen molar-refractivity contribution in [1.82, 2.24) is 0 Å². The van der Waals surface area contributed by atoms with Gasteiger partial charge in [-0.25, -0.2) is 0 Å². The molecule has 0 amide bonds. The highest BCUT2D eigenvalue weighted by Gasteiger charge is 2.27. The van der Waals surface area contributed by atoms with Crippen LogP contribution in [0.2, 0.25) is 0 Å². The molecule has 2 aliphatic carbocycles. The zero-order valence-electron chi connectivity index (χ0n) is 23.2. The molecule has 5 aromatic carbocycles. The smallest absolute Gasteiger partial charge is 0.0430 e. The van der Waals surface area contributed by atoms with Gasteiger partial charge in [0.05, 0.1) is 0 Å². The van der Waals surface area contributed by atoms with E-state index in [9.17, 15) is 0 Å². The van der Waals surface area contributed by atoms with E-state index in [1.54, 1.807) is 0 Å². The van der Waals surface area contributed by atoms with E-state index in [-0.39, 0.29) is 0 Å². The lowest BCUT2D eigenvalue weighted by Crippen LogP contribution is -1.98. The van der Waals surface area contributed by atoms with E-state index >= 15 is 0 Å². The van der Waals surface area contributed by atoms with Crippen LogP contribution in [0.4, 0.5) is 0 Å². The first kappa shape index (κ1) is 24.9. The Kier molecular flexibility index (Phi) is 6.21. The zero-order valence-corrected chi connectivity index (χ0v) is 24.0. The first-order chi connectivity index (χ1) is 20.9. The normalized spacial score (nSPS) is 13.9. The van der Waals surface area contributed by atoms with Gasteiger partial charge < -0.3 is 0 Å². The van der Waals surface area contributed by atoms with Gasteiger partial charge in [0.15, 0.2) is 0 Å². The van der Waals surface area contributed by atoms with Gasteiger partial charge >= 0.3 is 0 Å². The maximum atomic E-state index is 3.39. The van der Waals surface area contributed by atoms with E-state index in [4.69, 9.17) is 0 Å². The highest BCUT2D eigenvalue weighted by Crippen LogP contribution is 2.52. The van der Waals surface area contributed by atoms with Crippen molar-refractivity contribution in [2.75, 3.05) is 0 Å². The molecule has 0 atom stereocenters. The number of fused-ring (bicyclic) bond motifs is 4. The fourth-order valence-corrected chi connectivity index (χ4v) is 8.09. The Morgan fingerprint density at radius 2 is 1.29 bits per heavy atom. The Bertz CT molecular complexity index is 2160. The van der Waals surface area contributed by atoms with Crippen LogP contribution in [0.1, 0.15) is 29.5 Å². The van der Waals surface area contributed by atoms with E-state index < -0.39 is 0 Å². The molecule has 198 valence electrons. The van der Waals surface area contributed by atoms with Gasteiger partial charge in [-0.3, -0.25) is 0 Å². The maximum absolute atomic E-state index is 3.39. The molecule has 0 fully saturated rings. The van der Waals surface area contributed by atoms with Gasteiger partial charge in [0.2, 0.25) is 0 Å². The fourth-order valence-electron chi connectivity index (χ4n) is 6.64. The van der Waals surface area contributed by atoms with Crippen LogP contribution in [-0.2, 0) is 6.42 Å². The molecule has 42 heavy (non-hydrogen) atoms. The second-order valence-corrected chi connectivity index (χ2v) is 11.9. The molecule has 0 radical (unpaired) electrons. The van der Waals surface area contributed by atoms with Crippen LogP contribution in [-0.4, -0.2) is 0 Å². The van der Waals surface area contributed by atoms with E-state index in [0.29, 0.717) is 0 Å². The highest BCUT2D eigenvalue weighted by atomic mass is 32.1. The Morgan fingerprint density at radius 3 is 2.07 bits per heavy atom. The molecule has 6 aromatic rings. The quantitative estimate of drug-likeness (QED) is 0.151. The van der Waals surface area contributed by atoms with E-state index in [2.05, 4.69) is 139 Å². The fraction of sp³-hybridized carbons (Fsp3) is 0.0732. The number of benzene rings is 5. The van der Waals surface area contributed by atoms with Gasteiger partial charge in [0.1, 0.15) is 0 Å². The van der Waals surface area contributed by atoms with Crippen LogP contribution in [0, 0.1) is 11.8 Å². The molecule has 1 heterocycles. The summed E-state index contributed by atoms with van der Waals surface area (Å²) in [6.07, 6.45) is 13.9. The molecule has 0 unspecified atom stereocenters. The SMILES string of the molecule is C1#CCC(c2c(-c3sc(-c4ccccc4-c4ccccc4)c4c3CCC=C4)c3ccccc3c3ccccc23)=CC=C1. The van der Waals surface area contributed by atoms with Crippen LogP contribution >= 0.6 is 11.3 Å². The minimum absolute atomic E-state index is 0.736. The number of hydrogen-bond acceptors (Lipinski definition) is 1. The predicted octanol–water partition coefficient (Wildman–Crippen LogP) is 11.4. The second kappa shape index (κ2) is 10.5. The Hall–Kier alpha value is -4.90. The third-order valence-electron chi connectivity index (χ3n) is 8.49. The largest absolute Gasteiger partial charge is 0.134 e. The summed E-state index contributed by atoms with van der Waals surface area (Å²) in [6.45, 7) is 0. The minimum Gasteiger partial charge on any atom is -0.134 e. The number of thiophene rings is 1. The average Bonchev–Trinajstić information content (AvgIpc) is 3.22. The molecule has 1 aromatic heterocycles. The summed E-state index contributed by atoms with van der Waals surface area (Å²) in [5.41, 5.74) is 10.6. The summed E-state index contributed by atoms with van der Waals surface area (Å²) in [6, 6.07) is 37.6. The summed E-state index contributed by atoms with van der Waals surface area (Å²) in [5, 5.41) is 5.22. The summed E-state index contributed by atoms with van der Waals surface area (Å²) in [4.78, 5) is 2.75. The van der Waals surface area contributed by atoms with Crippen LogP contribution in [0.15, 0.2) is 127 Å². The molecular formula is C41H28S.